The molecule has 0 N–H and O–H groups in total. The molecule has 1 aromatic carbocycles. The Hall–Kier alpha value is -1.96. The maximum atomic E-state index is 15.1. The minimum atomic E-state index is -1.02. The Balaban J connectivity index is 1.77. The molecule has 1 saturated heterocycles. The van der Waals surface area contributed by atoms with Crippen LogP contribution in [0.15, 0.2) is 47.6 Å². The highest BCUT2D eigenvalue weighted by Gasteiger charge is 2.53. The molecule has 3 aromatic rings. The van der Waals surface area contributed by atoms with Crippen LogP contribution in [0.1, 0.15) is 33.4 Å². The van der Waals surface area contributed by atoms with Crippen LogP contribution in [0.5, 0.6) is 0 Å². The first-order valence-electron chi connectivity index (χ1n) is 8.52. The maximum Gasteiger partial charge on any atom is 0.525 e. The fourth-order valence-electron chi connectivity index (χ4n) is 2.90. The van der Waals surface area contributed by atoms with Gasteiger partial charge in [0.2, 0.25) is 0 Å². The summed E-state index contributed by atoms with van der Waals surface area (Å²) in [4.78, 5) is 5.48. The summed E-state index contributed by atoms with van der Waals surface area (Å²) in [6, 6.07) is 9.77. The number of rotatable bonds is 3. The monoisotopic (exact) mass is 370 g/mol. The third kappa shape index (κ3) is 2.80. The summed E-state index contributed by atoms with van der Waals surface area (Å²) in [5.41, 5.74) is 0.731. The van der Waals surface area contributed by atoms with Gasteiger partial charge in [-0.15, -0.1) is 11.3 Å². The van der Waals surface area contributed by atoms with Crippen LogP contribution in [-0.2, 0) is 9.31 Å². The van der Waals surface area contributed by atoms with Gasteiger partial charge in [-0.3, -0.25) is 4.40 Å². The summed E-state index contributed by atoms with van der Waals surface area (Å²) < 4.78 is 28.6. The molecule has 0 aliphatic carbocycles. The van der Waals surface area contributed by atoms with Crippen molar-refractivity contribution < 1.29 is 13.7 Å². The summed E-state index contributed by atoms with van der Waals surface area (Å²) >= 11 is 1.51. The molecule has 0 radical (unpaired) electrons. The highest BCUT2D eigenvalue weighted by molar-refractivity contribution is 7.15. The van der Waals surface area contributed by atoms with Gasteiger partial charge >= 0.3 is 7.12 Å². The molecule has 0 amide bonds. The second kappa shape index (κ2) is 6.04. The van der Waals surface area contributed by atoms with Crippen LogP contribution in [-0.4, -0.2) is 27.7 Å². The van der Waals surface area contributed by atoms with Crippen molar-refractivity contribution in [1.29, 1.82) is 0 Å². The normalized spacial score (nSPS) is 19.4. The van der Waals surface area contributed by atoms with Gasteiger partial charge in [-0.2, -0.15) is 0 Å². The molecule has 0 atom stereocenters. The Morgan fingerprint density at radius 2 is 1.81 bits per heavy atom. The average Bonchev–Trinajstić information content (AvgIpc) is 3.22. The van der Waals surface area contributed by atoms with Crippen LogP contribution >= 0.6 is 11.3 Å². The third-order valence-electron chi connectivity index (χ3n) is 5.10. The molecule has 0 unspecified atom stereocenters. The molecule has 0 bridgehead atoms. The van der Waals surface area contributed by atoms with E-state index in [4.69, 9.17) is 9.31 Å². The number of fused-ring (bicyclic) bond motifs is 1. The van der Waals surface area contributed by atoms with Crippen molar-refractivity contribution in [2.75, 3.05) is 0 Å². The minimum absolute atomic E-state index is 0.464. The quantitative estimate of drug-likeness (QED) is 0.609. The molecule has 2 aromatic heterocycles. The summed E-state index contributed by atoms with van der Waals surface area (Å²) in [6.07, 6.45) is 3.36. The van der Waals surface area contributed by atoms with Crippen molar-refractivity contribution in [2.45, 2.75) is 38.9 Å². The van der Waals surface area contributed by atoms with E-state index in [0.717, 1.165) is 16.2 Å². The lowest BCUT2D eigenvalue weighted by atomic mass is 9.87. The van der Waals surface area contributed by atoms with Gasteiger partial charge in [-0.1, -0.05) is 30.3 Å². The molecular weight excluding hydrogens is 350 g/mol. The Morgan fingerprint density at radius 1 is 1.15 bits per heavy atom. The van der Waals surface area contributed by atoms with E-state index in [-0.39, 0.29) is 0 Å². The zero-order valence-corrected chi connectivity index (χ0v) is 16.0. The van der Waals surface area contributed by atoms with E-state index in [1.807, 2.05) is 74.0 Å². The van der Waals surface area contributed by atoms with E-state index in [1.165, 1.54) is 17.4 Å². The van der Waals surface area contributed by atoms with Gasteiger partial charge in [0.1, 0.15) is 5.73 Å². The van der Waals surface area contributed by atoms with Crippen LogP contribution in [0.3, 0.4) is 0 Å². The number of aromatic nitrogens is 2. The summed E-state index contributed by atoms with van der Waals surface area (Å²) in [5, 5.41) is 1.93. The van der Waals surface area contributed by atoms with Crippen LogP contribution in [0.4, 0.5) is 4.39 Å². The van der Waals surface area contributed by atoms with E-state index < -0.39 is 24.0 Å². The van der Waals surface area contributed by atoms with Gasteiger partial charge in [-0.25, -0.2) is 9.37 Å². The Kier molecular flexibility index (Phi) is 4.06. The van der Waals surface area contributed by atoms with Crippen LogP contribution in [0, 0.1) is 0 Å². The third-order valence-corrected chi connectivity index (χ3v) is 5.86. The zero-order valence-electron chi connectivity index (χ0n) is 15.2. The SMILES string of the molecule is CC1(C)OB(C(F)=Cc2c(-c3ccccc3)nc3sccn23)OC1(C)C. The molecule has 0 spiro atoms. The fraction of sp³-hybridized carbons (Fsp3) is 0.316. The van der Waals surface area contributed by atoms with Gasteiger partial charge in [0.25, 0.3) is 0 Å². The van der Waals surface area contributed by atoms with E-state index >= 15 is 4.39 Å². The van der Waals surface area contributed by atoms with Gasteiger partial charge in [-0.05, 0) is 33.8 Å². The number of halogens is 1. The molecule has 1 fully saturated rings. The second-order valence-corrected chi connectivity index (χ2v) is 8.26. The van der Waals surface area contributed by atoms with Crippen molar-refractivity contribution in [3.63, 3.8) is 0 Å². The van der Waals surface area contributed by atoms with Crippen molar-refractivity contribution >= 4 is 29.5 Å². The molecule has 3 heterocycles. The fourth-order valence-corrected chi connectivity index (χ4v) is 3.62. The van der Waals surface area contributed by atoms with Crippen LogP contribution in [0.2, 0.25) is 0 Å². The van der Waals surface area contributed by atoms with Crippen LogP contribution in [0.25, 0.3) is 22.3 Å². The smallest absolute Gasteiger partial charge is 0.398 e. The van der Waals surface area contributed by atoms with Crippen LogP contribution < -0.4 is 0 Å². The summed E-state index contributed by atoms with van der Waals surface area (Å²) in [6.45, 7) is 7.63. The number of imidazole rings is 1. The highest BCUT2D eigenvalue weighted by Crippen LogP contribution is 2.39. The van der Waals surface area contributed by atoms with Gasteiger partial charge in [0.15, 0.2) is 4.96 Å². The van der Waals surface area contributed by atoms with Gasteiger partial charge in [0, 0.05) is 17.1 Å². The van der Waals surface area contributed by atoms with Crippen molar-refractivity contribution in [1.82, 2.24) is 9.38 Å². The number of hydrogen-bond acceptors (Lipinski definition) is 4. The van der Waals surface area contributed by atoms with Crippen molar-refractivity contribution in [3.05, 3.63) is 53.3 Å². The first kappa shape index (κ1) is 17.5. The highest BCUT2D eigenvalue weighted by atomic mass is 32.1. The lowest BCUT2D eigenvalue weighted by molar-refractivity contribution is 0.00578. The Bertz CT molecular complexity index is 962. The molecule has 1 aliphatic rings. The van der Waals surface area contributed by atoms with E-state index in [2.05, 4.69) is 4.98 Å². The maximum absolute atomic E-state index is 15.1. The molecule has 0 saturated carbocycles. The average molecular weight is 370 g/mol. The van der Waals surface area contributed by atoms with Gasteiger partial charge in [0.05, 0.1) is 22.6 Å². The molecule has 4 rings (SSSR count). The first-order chi connectivity index (χ1) is 12.3. The molecule has 4 nitrogen and oxygen atoms in total. The zero-order chi connectivity index (χ0) is 18.5. The number of thiazole rings is 1. The molecule has 26 heavy (non-hydrogen) atoms. The molecule has 1 aliphatic heterocycles. The molecular formula is C19H20BFN2O2S. The van der Waals surface area contributed by atoms with E-state index in [0.29, 0.717) is 5.69 Å². The Labute approximate surface area is 156 Å². The predicted molar refractivity (Wildman–Crippen MR) is 104 cm³/mol. The summed E-state index contributed by atoms with van der Waals surface area (Å²) in [5.74, 6) is 0. The summed E-state index contributed by atoms with van der Waals surface area (Å²) in [7, 11) is -1.02. The number of benzene rings is 1. The minimum Gasteiger partial charge on any atom is -0.398 e. The first-order valence-corrected chi connectivity index (χ1v) is 9.40. The van der Waals surface area contributed by atoms with E-state index in [9.17, 15) is 0 Å². The molecule has 7 heteroatoms. The largest absolute Gasteiger partial charge is 0.525 e. The lowest BCUT2D eigenvalue weighted by Gasteiger charge is -2.32. The standard InChI is InChI=1S/C19H20BFN2O2S/c1-18(2)19(3,4)25-20(24-18)15(21)12-14-16(13-8-6-5-7-9-13)22-17-23(14)10-11-26-17/h5-12H,1-4H3. The Morgan fingerprint density at radius 3 is 2.46 bits per heavy atom. The second-order valence-electron chi connectivity index (χ2n) is 7.38. The van der Waals surface area contributed by atoms with Crippen molar-refractivity contribution in [2.24, 2.45) is 0 Å². The van der Waals surface area contributed by atoms with E-state index in [1.54, 1.807) is 0 Å². The predicted octanol–water partition coefficient (Wildman–Crippen LogP) is 5.00. The topological polar surface area (TPSA) is 35.8 Å². The molecule has 134 valence electrons. The lowest BCUT2D eigenvalue weighted by Crippen LogP contribution is -2.41. The van der Waals surface area contributed by atoms with Gasteiger partial charge < -0.3 is 9.31 Å². The van der Waals surface area contributed by atoms with Crippen molar-refractivity contribution in [3.8, 4) is 11.3 Å². The number of hydrogen-bond donors (Lipinski definition) is 0. The number of nitrogens with zero attached hydrogens (tertiary/aromatic N) is 2.